The van der Waals surface area contributed by atoms with Gasteiger partial charge in [-0.15, -0.1) is 0 Å². The monoisotopic (exact) mass is 654 g/mol. The van der Waals surface area contributed by atoms with Crippen LogP contribution < -0.4 is 15.4 Å². The maximum absolute atomic E-state index is 13.8. The number of rotatable bonds is 4. The molecular weight excluding hydrogens is 619 g/mol. The Hall–Kier alpha value is -3.21. The number of methoxy groups -OCH3 is 1. The van der Waals surface area contributed by atoms with E-state index in [1.165, 1.54) is 19.6 Å². The van der Waals surface area contributed by atoms with E-state index in [2.05, 4.69) is 32.8 Å². The second-order valence-electron chi connectivity index (χ2n) is 12.2. The first-order valence-electron chi connectivity index (χ1n) is 15.0. The molecule has 0 amide bonds. The zero-order valence-corrected chi connectivity index (χ0v) is 25.9. The third-order valence-corrected chi connectivity index (χ3v) is 9.18. The summed E-state index contributed by atoms with van der Waals surface area (Å²) in [5, 5.41) is 8.69. The number of hydrogen-bond acceptors (Lipinski definition) is 8. The first-order valence-corrected chi connectivity index (χ1v) is 15.4. The molecule has 0 radical (unpaired) electrons. The van der Waals surface area contributed by atoms with Crippen LogP contribution in [0, 0.1) is 23.2 Å². The van der Waals surface area contributed by atoms with E-state index in [0.717, 1.165) is 32.0 Å². The highest BCUT2D eigenvalue weighted by Gasteiger charge is 2.40. The third-order valence-electron chi connectivity index (χ3n) is 8.88. The molecule has 0 saturated carbocycles. The van der Waals surface area contributed by atoms with E-state index in [0.29, 0.717) is 60.5 Å². The van der Waals surface area contributed by atoms with Gasteiger partial charge in [-0.25, -0.2) is 0 Å². The number of alkyl halides is 3. The summed E-state index contributed by atoms with van der Waals surface area (Å²) in [4.78, 5) is 13.2. The van der Waals surface area contributed by atoms with Gasteiger partial charge < -0.3 is 20.1 Å². The zero-order valence-electron chi connectivity index (χ0n) is 25.1. The summed E-state index contributed by atoms with van der Waals surface area (Å²) in [7, 11) is 1.44. The number of aromatic nitrogens is 2. The Labute approximate surface area is 263 Å². The molecule has 1 aromatic heterocycles. The van der Waals surface area contributed by atoms with Crippen molar-refractivity contribution in [1.82, 2.24) is 14.9 Å². The van der Waals surface area contributed by atoms with Crippen molar-refractivity contribution in [2.45, 2.75) is 70.4 Å². The maximum Gasteiger partial charge on any atom is 0.418 e. The predicted octanol–water partition coefficient (Wildman–Crippen LogP) is 6.93. The Morgan fingerprint density at radius 3 is 2.67 bits per heavy atom. The lowest BCUT2D eigenvalue weighted by molar-refractivity contribution is -0.139. The summed E-state index contributed by atoms with van der Waals surface area (Å²) >= 11 is 5.94. The third kappa shape index (κ3) is 7.45. The lowest BCUT2D eigenvalue weighted by atomic mass is 9.88. The van der Waals surface area contributed by atoms with Crippen LogP contribution in [0.5, 0.6) is 6.01 Å². The molecule has 4 atom stereocenters. The zero-order chi connectivity index (χ0) is 32.5. The first-order chi connectivity index (χ1) is 21.4. The molecule has 8 nitrogen and oxygen atoms in total. The highest BCUT2D eigenvalue weighted by atomic mass is 35.5. The molecule has 3 saturated heterocycles. The van der Waals surface area contributed by atoms with Crippen molar-refractivity contribution in [1.29, 1.82) is 5.26 Å². The lowest BCUT2D eigenvalue weighted by Gasteiger charge is -2.38. The van der Waals surface area contributed by atoms with Crippen molar-refractivity contribution in [3.63, 3.8) is 0 Å². The van der Waals surface area contributed by atoms with Crippen molar-refractivity contribution < 1.29 is 31.4 Å². The fourth-order valence-corrected chi connectivity index (χ4v) is 7.32. The fourth-order valence-electron chi connectivity index (χ4n) is 6.98. The van der Waals surface area contributed by atoms with Crippen molar-refractivity contribution >= 4 is 23.1 Å². The Kier molecular flexibility index (Phi) is 10.1. The van der Waals surface area contributed by atoms with Gasteiger partial charge in [0.05, 0.1) is 42.2 Å². The quantitative estimate of drug-likeness (QED) is 0.280. The Balaban J connectivity index is 0.000000304. The summed E-state index contributed by atoms with van der Waals surface area (Å²) in [5.74, 6) is 1.19. The van der Waals surface area contributed by atoms with Crippen LogP contribution in [0.1, 0.15) is 67.5 Å². The minimum atomic E-state index is -4.67. The smallest absolute Gasteiger partial charge is 0.418 e. The number of piperidine rings is 1. The van der Waals surface area contributed by atoms with Crippen LogP contribution in [0.4, 0.5) is 33.5 Å². The number of hydrogen-bond donors (Lipinski definition) is 1. The van der Waals surface area contributed by atoms with Gasteiger partial charge in [0.25, 0.3) is 6.08 Å². The second kappa shape index (κ2) is 13.6. The number of fused-ring (bicyclic) bond motifs is 2. The molecule has 244 valence electrons. The van der Waals surface area contributed by atoms with Crippen LogP contribution in [-0.2, 0) is 23.9 Å². The van der Waals surface area contributed by atoms with E-state index in [1.807, 2.05) is 0 Å². The van der Waals surface area contributed by atoms with E-state index in [1.54, 1.807) is 0 Å². The van der Waals surface area contributed by atoms with Gasteiger partial charge in [-0.3, -0.25) is 4.90 Å². The van der Waals surface area contributed by atoms with Crippen molar-refractivity contribution in [2.75, 3.05) is 43.9 Å². The normalized spacial score (nSPS) is 24.8. The molecule has 1 aromatic carbocycles. The highest BCUT2D eigenvalue weighted by molar-refractivity contribution is 6.31. The van der Waals surface area contributed by atoms with Gasteiger partial charge in [0.15, 0.2) is 0 Å². The van der Waals surface area contributed by atoms with E-state index in [4.69, 9.17) is 32.1 Å². The molecule has 4 aliphatic heterocycles. The van der Waals surface area contributed by atoms with Crippen LogP contribution in [0.3, 0.4) is 0 Å². The molecule has 2 N–H and O–H groups in total. The number of ether oxygens (including phenoxy) is 2. The predicted molar refractivity (Wildman–Crippen MR) is 159 cm³/mol. The number of benzene rings is 1. The second-order valence-corrected chi connectivity index (χ2v) is 12.6. The standard InChI is InChI=1S/C23H25ClF3N5O2.C8H11F2N/c1-12-5-13(3-4-28)10-32(9-12)21-16-11-34-19(8-18(16)30-22(31-21)33-2)15-6-14(29)7-17(24)20(15)23(25,26)27;9-8(10)6-4-7-2-1-3-11(7)5-6/h6-7,12-13,19H,3,5,8-11,29H2,1-2H3;7H,1-5H2. The molecule has 3 fully saturated rings. The number of anilines is 2. The lowest BCUT2D eigenvalue weighted by Crippen LogP contribution is -2.41. The van der Waals surface area contributed by atoms with Crippen molar-refractivity contribution in [3.8, 4) is 12.1 Å². The van der Waals surface area contributed by atoms with E-state index < -0.39 is 28.9 Å². The molecule has 2 aromatic rings. The number of nitriles is 1. The number of nitrogen functional groups attached to an aromatic ring is 1. The highest BCUT2D eigenvalue weighted by Crippen LogP contribution is 2.45. The van der Waals surface area contributed by atoms with Crippen LogP contribution >= 0.6 is 11.6 Å². The molecule has 0 spiro atoms. The minimum absolute atomic E-state index is 0.0246. The molecule has 5 heterocycles. The van der Waals surface area contributed by atoms with Gasteiger partial charge in [0, 0.05) is 55.3 Å². The molecule has 45 heavy (non-hydrogen) atoms. The molecular formula is C31H36ClF5N6O2. The fraction of sp³-hybridized carbons (Fsp3) is 0.581. The van der Waals surface area contributed by atoms with E-state index in [-0.39, 0.29) is 36.2 Å². The number of nitrogens with two attached hydrogens (primary N) is 1. The van der Waals surface area contributed by atoms with Gasteiger partial charge in [0.2, 0.25) is 0 Å². The summed E-state index contributed by atoms with van der Waals surface area (Å²) in [6, 6.07) is 5.15. The van der Waals surface area contributed by atoms with Crippen LogP contribution in [-0.4, -0.2) is 54.2 Å². The van der Waals surface area contributed by atoms with Gasteiger partial charge in [-0.2, -0.15) is 37.2 Å². The van der Waals surface area contributed by atoms with Crippen molar-refractivity contribution in [3.05, 3.63) is 51.2 Å². The Morgan fingerprint density at radius 1 is 1.22 bits per heavy atom. The Bertz CT molecular complexity index is 1460. The first kappa shape index (κ1) is 33.2. The average molecular weight is 655 g/mol. The molecule has 4 unspecified atom stereocenters. The summed E-state index contributed by atoms with van der Waals surface area (Å²) in [6.07, 6.45) is -2.68. The maximum atomic E-state index is 13.8. The van der Waals surface area contributed by atoms with Crippen LogP contribution in [0.25, 0.3) is 0 Å². The van der Waals surface area contributed by atoms with Crippen molar-refractivity contribution in [2.24, 2.45) is 11.8 Å². The van der Waals surface area contributed by atoms with Crippen LogP contribution in [0.15, 0.2) is 23.8 Å². The molecule has 14 heteroatoms. The largest absolute Gasteiger partial charge is 0.467 e. The summed E-state index contributed by atoms with van der Waals surface area (Å²) in [6.45, 7) is 5.07. The summed E-state index contributed by atoms with van der Waals surface area (Å²) in [5.41, 5.74) is 6.49. The van der Waals surface area contributed by atoms with E-state index >= 15 is 0 Å². The molecule has 6 rings (SSSR count). The van der Waals surface area contributed by atoms with Gasteiger partial charge in [-0.1, -0.05) is 18.5 Å². The van der Waals surface area contributed by atoms with E-state index in [9.17, 15) is 22.0 Å². The minimum Gasteiger partial charge on any atom is -0.467 e. The summed E-state index contributed by atoms with van der Waals surface area (Å²) < 4.78 is 76.8. The number of nitrogens with zero attached hydrogens (tertiary/aromatic N) is 5. The molecule has 4 aliphatic rings. The van der Waals surface area contributed by atoms with Gasteiger partial charge in [-0.05, 0) is 61.8 Å². The topological polar surface area (TPSA) is 101 Å². The van der Waals surface area contributed by atoms with Gasteiger partial charge in [0.1, 0.15) is 5.82 Å². The Morgan fingerprint density at radius 2 is 2.00 bits per heavy atom. The van der Waals surface area contributed by atoms with Gasteiger partial charge >= 0.3 is 12.2 Å². The van der Waals surface area contributed by atoms with Crippen LogP contribution in [0.2, 0.25) is 5.02 Å². The average Bonchev–Trinajstić information content (AvgIpc) is 3.58. The molecule has 0 bridgehead atoms. The number of halogens is 6. The SMILES string of the molecule is COc1nc2c(c(N3CC(C)CC(CC#N)C3)n1)COC(c1cc(N)cc(Cl)c1C(F)(F)F)C2.FC(F)=C1CC2CCCN2C1. The molecule has 0 aliphatic carbocycles.